The minimum atomic E-state index is -0.970. The summed E-state index contributed by atoms with van der Waals surface area (Å²) in [5.41, 5.74) is 1.46. The summed E-state index contributed by atoms with van der Waals surface area (Å²) in [6.45, 7) is 3.95. The summed E-state index contributed by atoms with van der Waals surface area (Å²) in [6, 6.07) is 5.21. The van der Waals surface area contributed by atoms with Crippen LogP contribution in [0.5, 0.6) is 5.75 Å². The van der Waals surface area contributed by atoms with Crippen LogP contribution in [-0.2, 0) is 16.1 Å². The van der Waals surface area contributed by atoms with E-state index in [9.17, 15) is 14.7 Å². The lowest BCUT2D eigenvalue weighted by Gasteiger charge is -2.32. The summed E-state index contributed by atoms with van der Waals surface area (Å²) in [5.74, 6) is -1.11. The lowest BCUT2D eigenvalue weighted by Crippen LogP contribution is -2.40. The largest absolute Gasteiger partial charge is 0.497 e. The fourth-order valence-electron chi connectivity index (χ4n) is 2.35. The molecule has 6 nitrogen and oxygen atoms in total. The number of aliphatic carboxylic acids is 1. The molecule has 0 fully saturated rings. The van der Waals surface area contributed by atoms with E-state index in [4.69, 9.17) is 9.47 Å². The topological polar surface area (TPSA) is 76.1 Å². The number of carboxylic acids is 1. The maximum absolute atomic E-state index is 11.9. The van der Waals surface area contributed by atoms with Crippen molar-refractivity contribution in [3.05, 3.63) is 42.0 Å². The molecule has 0 bridgehead atoms. The van der Waals surface area contributed by atoms with E-state index in [1.54, 1.807) is 18.2 Å². The summed E-state index contributed by atoms with van der Waals surface area (Å²) in [5, 5.41) is 9.36. The first-order valence-corrected chi connectivity index (χ1v) is 6.49. The van der Waals surface area contributed by atoms with Crippen molar-refractivity contribution in [1.82, 2.24) is 4.90 Å². The molecule has 1 aromatic carbocycles. The van der Waals surface area contributed by atoms with E-state index in [-0.39, 0.29) is 13.2 Å². The number of nitrogens with zero attached hydrogens (tertiary/aromatic N) is 1. The fourth-order valence-corrected chi connectivity index (χ4v) is 2.35. The monoisotopic (exact) mass is 291 g/mol. The standard InChI is InChI=1S/C15H17NO5/c1-3-6-21-15(19)16-8-10-7-11(20-2)4-5-12(10)13(9-16)14(17)18/h3-5,7,13H,1,6,8-9H2,2H3,(H,17,18). The Bertz CT molecular complexity index is 569. The SMILES string of the molecule is C=CCOC(=O)N1Cc2cc(OC)ccc2C(C(=O)O)C1. The van der Waals surface area contributed by atoms with Crippen molar-refractivity contribution in [3.63, 3.8) is 0 Å². The van der Waals surface area contributed by atoms with Crippen LogP contribution in [0.1, 0.15) is 17.0 Å². The van der Waals surface area contributed by atoms with Gasteiger partial charge in [-0.25, -0.2) is 4.79 Å². The zero-order chi connectivity index (χ0) is 15.4. The molecule has 1 atom stereocenters. The molecule has 1 unspecified atom stereocenters. The summed E-state index contributed by atoms with van der Waals surface area (Å²) in [6.07, 6.45) is 0.919. The van der Waals surface area contributed by atoms with Gasteiger partial charge in [0, 0.05) is 13.1 Å². The Kier molecular flexibility index (Phi) is 4.47. The number of amides is 1. The van der Waals surface area contributed by atoms with Crippen LogP contribution in [0.25, 0.3) is 0 Å². The van der Waals surface area contributed by atoms with Crippen LogP contribution in [0, 0.1) is 0 Å². The van der Waals surface area contributed by atoms with Crippen molar-refractivity contribution in [2.45, 2.75) is 12.5 Å². The smallest absolute Gasteiger partial charge is 0.410 e. The predicted octanol–water partition coefficient (Wildman–Crippen LogP) is 2.00. The molecule has 112 valence electrons. The van der Waals surface area contributed by atoms with Crippen molar-refractivity contribution in [1.29, 1.82) is 0 Å². The second kappa shape index (κ2) is 6.30. The van der Waals surface area contributed by atoms with Crippen molar-refractivity contribution in [2.75, 3.05) is 20.3 Å². The number of carbonyl (C=O) groups excluding carboxylic acids is 1. The van der Waals surface area contributed by atoms with Crippen LogP contribution in [0.2, 0.25) is 0 Å². The highest BCUT2D eigenvalue weighted by atomic mass is 16.6. The summed E-state index contributed by atoms with van der Waals surface area (Å²) in [4.78, 5) is 24.7. The van der Waals surface area contributed by atoms with Gasteiger partial charge < -0.3 is 19.5 Å². The highest BCUT2D eigenvalue weighted by molar-refractivity contribution is 5.79. The van der Waals surface area contributed by atoms with Crippen molar-refractivity contribution >= 4 is 12.1 Å². The van der Waals surface area contributed by atoms with Gasteiger partial charge in [-0.1, -0.05) is 18.7 Å². The lowest BCUT2D eigenvalue weighted by molar-refractivity contribution is -0.139. The first-order chi connectivity index (χ1) is 10.1. The van der Waals surface area contributed by atoms with Crippen molar-refractivity contribution in [3.8, 4) is 5.75 Å². The molecular formula is C15H17NO5. The summed E-state index contributed by atoms with van der Waals surface area (Å²) >= 11 is 0. The van der Waals surface area contributed by atoms with Crippen molar-refractivity contribution < 1.29 is 24.2 Å². The number of carboxylic acid groups (broad SMARTS) is 1. The van der Waals surface area contributed by atoms with Crippen LogP contribution in [0.4, 0.5) is 4.79 Å². The van der Waals surface area contributed by atoms with E-state index in [1.807, 2.05) is 0 Å². The Morgan fingerprint density at radius 2 is 2.29 bits per heavy atom. The van der Waals surface area contributed by atoms with Crippen molar-refractivity contribution in [2.24, 2.45) is 0 Å². The van der Waals surface area contributed by atoms with Gasteiger partial charge in [0.15, 0.2) is 0 Å². The molecule has 1 heterocycles. The van der Waals surface area contributed by atoms with Gasteiger partial charge in [-0.15, -0.1) is 0 Å². The Morgan fingerprint density at radius 1 is 1.52 bits per heavy atom. The minimum Gasteiger partial charge on any atom is -0.497 e. The van der Waals surface area contributed by atoms with E-state index in [2.05, 4.69) is 6.58 Å². The van der Waals surface area contributed by atoms with E-state index >= 15 is 0 Å². The second-order valence-corrected chi connectivity index (χ2v) is 4.70. The molecule has 1 N–H and O–H groups in total. The Hall–Kier alpha value is -2.50. The number of ether oxygens (including phenoxy) is 2. The van der Waals surface area contributed by atoms with E-state index < -0.39 is 18.0 Å². The molecule has 21 heavy (non-hydrogen) atoms. The number of methoxy groups -OCH3 is 1. The minimum absolute atomic E-state index is 0.0879. The third kappa shape index (κ3) is 3.16. The van der Waals surface area contributed by atoms with Gasteiger partial charge >= 0.3 is 12.1 Å². The van der Waals surface area contributed by atoms with Crippen LogP contribution >= 0.6 is 0 Å². The normalized spacial score (nSPS) is 16.8. The van der Waals surface area contributed by atoms with Crippen LogP contribution in [0.15, 0.2) is 30.9 Å². The number of hydrogen-bond acceptors (Lipinski definition) is 4. The molecule has 1 aliphatic heterocycles. The average molecular weight is 291 g/mol. The molecule has 0 saturated carbocycles. The second-order valence-electron chi connectivity index (χ2n) is 4.70. The van der Waals surface area contributed by atoms with Gasteiger partial charge in [-0.05, 0) is 23.3 Å². The highest BCUT2D eigenvalue weighted by Gasteiger charge is 2.33. The van der Waals surface area contributed by atoms with Gasteiger partial charge in [-0.3, -0.25) is 4.79 Å². The highest BCUT2D eigenvalue weighted by Crippen LogP contribution is 2.31. The zero-order valence-corrected chi connectivity index (χ0v) is 11.7. The quantitative estimate of drug-likeness (QED) is 0.859. The molecule has 0 saturated heterocycles. The molecule has 1 amide bonds. The lowest BCUT2D eigenvalue weighted by atomic mass is 9.90. The predicted molar refractivity (Wildman–Crippen MR) is 75.3 cm³/mol. The van der Waals surface area contributed by atoms with Crippen LogP contribution in [-0.4, -0.2) is 42.3 Å². The summed E-state index contributed by atoms with van der Waals surface area (Å²) < 4.78 is 10.1. The molecule has 2 rings (SSSR count). The first-order valence-electron chi connectivity index (χ1n) is 6.49. The number of benzene rings is 1. The van der Waals surface area contributed by atoms with Gasteiger partial charge in [-0.2, -0.15) is 0 Å². The molecule has 0 aliphatic carbocycles. The Morgan fingerprint density at radius 3 is 2.90 bits per heavy atom. The van der Waals surface area contributed by atoms with Gasteiger partial charge in [0.05, 0.1) is 13.0 Å². The fraction of sp³-hybridized carbons (Fsp3) is 0.333. The maximum Gasteiger partial charge on any atom is 0.410 e. The molecule has 0 radical (unpaired) electrons. The van der Waals surface area contributed by atoms with E-state index in [0.29, 0.717) is 17.9 Å². The third-order valence-electron chi connectivity index (χ3n) is 3.37. The van der Waals surface area contributed by atoms with Crippen LogP contribution in [0.3, 0.4) is 0 Å². The molecule has 1 aromatic rings. The third-order valence-corrected chi connectivity index (χ3v) is 3.37. The molecule has 6 heteroatoms. The van der Waals surface area contributed by atoms with Gasteiger partial charge in [0.1, 0.15) is 12.4 Å². The van der Waals surface area contributed by atoms with E-state index in [0.717, 1.165) is 5.56 Å². The van der Waals surface area contributed by atoms with E-state index in [1.165, 1.54) is 18.1 Å². The molecule has 0 aromatic heterocycles. The number of carbonyl (C=O) groups is 2. The summed E-state index contributed by atoms with van der Waals surface area (Å²) in [7, 11) is 1.54. The van der Waals surface area contributed by atoms with Gasteiger partial charge in [0.2, 0.25) is 0 Å². The number of hydrogen-bond donors (Lipinski definition) is 1. The van der Waals surface area contributed by atoms with Gasteiger partial charge in [0.25, 0.3) is 0 Å². The zero-order valence-electron chi connectivity index (χ0n) is 11.7. The molecular weight excluding hydrogens is 274 g/mol. The van der Waals surface area contributed by atoms with Crippen LogP contribution < -0.4 is 4.74 Å². The average Bonchev–Trinajstić information content (AvgIpc) is 2.50. The maximum atomic E-state index is 11.9. The number of fused-ring (bicyclic) bond motifs is 1. The Balaban J connectivity index is 2.29. The Labute approximate surface area is 122 Å². The first kappa shape index (κ1) is 14.9. The molecule has 1 aliphatic rings. The number of rotatable bonds is 4. The molecule has 0 spiro atoms.